The molecule has 0 saturated carbocycles. The van der Waals surface area contributed by atoms with E-state index < -0.39 is 6.37 Å². The molecule has 0 saturated heterocycles. The molecule has 2 heterocycles. The number of hydrogen-bond donors (Lipinski definition) is 1. The van der Waals surface area contributed by atoms with Gasteiger partial charge in [0.1, 0.15) is 5.75 Å². The van der Waals surface area contributed by atoms with E-state index >= 15 is 0 Å². The van der Waals surface area contributed by atoms with Crippen molar-refractivity contribution in [3.63, 3.8) is 0 Å². The third-order valence-corrected chi connectivity index (χ3v) is 3.30. The Kier molecular flexibility index (Phi) is 1.86. The first kappa shape index (κ1) is 7.77. The summed E-state index contributed by atoms with van der Waals surface area (Å²) in [5, 5.41) is 0.935. The second-order valence-electron chi connectivity index (χ2n) is 4.47. The van der Waals surface area contributed by atoms with Crippen LogP contribution in [-0.4, -0.2) is 37.1 Å². The SMILES string of the molecule is [2H]c1cc2c3c([nH]c2cc1OC)C([2H])([2H])CN(C)CC3. The standard InChI is InChI=1S/C14H18N2O/c1-16-7-5-12-11-4-3-10(17-2)9-14(11)15-13(12)6-8-16/h3-4,9,15H,5-8H2,1-2H3/i3D,6D2. The van der Waals surface area contributed by atoms with Crippen LogP contribution in [0, 0.1) is 0 Å². The number of ether oxygens (including phenoxy) is 1. The van der Waals surface area contributed by atoms with Crippen molar-refractivity contribution in [2.24, 2.45) is 0 Å². The minimum Gasteiger partial charge on any atom is -0.497 e. The fourth-order valence-electron chi connectivity index (χ4n) is 2.29. The molecule has 0 fully saturated rings. The molecule has 0 spiro atoms. The largest absolute Gasteiger partial charge is 0.497 e. The van der Waals surface area contributed by atoms with E-state index in [1.54, 1.807) is 19.2 Å². The van der Waals surface area contributed by atoms with E-state index in [0.717, 1.165) is 29.4 Å². The van der Waals surface area contributed by atoms with Crippen LogP contribution in [0.15, 0.2) is 18.2 Å². The van der Waals surface area contributed by atoms with Gasteiger partial charge < -0.3 is 14.6 Å². The van der Waals surface area contributed by atoms with E-state index in [0.29, 0.717) is 24.0 Å². The molecule has 0 aliphatic carbocycles. The predicted molar refractivity (Wildman–Crippen MR) is 69.8 cm³/mol. The zero-order chi connectivity index (χ0) is 14.5. The molecule has 1 N–H and O–H groups in total. The van der Waals surface area contributed by atoms with E-state index in [1.807, 2.05) is 11.9 Å². The number of nitrogens with zero attached hydrogens (tertiary/aromatic N) is 1. The second-order valence-corrected chi connectivity index (χ2v) is 4.47. The van der Waals surface area contributed by atoms with E-state index in [2.05, 4.69) is 4.98 Å². The highest BCUT2D eigenvalue weighted by Crippen LogP contribution is 2.28. The van der Waals surface area contributed by atoms with Crippen molar-refractivity contribution in [3.8, 4) is 5.75 Å². The third kappa shape index (κ3) is 1.80. The zero-order valence-electron chi connectivity index (χ0n) is 13.1. The number of methoxy groups -OCH3 is 1. The van der Waals surface area contributed by atoms with E-state index in [4.69, 9.17) is 8.85 Å². The Morgan fingerprint density at radius 3 is 3.24 bits per heavy atom. The average Bonchev–Trinajstić information content (AvgIpc) is 2.68. The second kappa shape index (κ2) is 4.08. The molecular formula is C14H18N2O. The molecule has 1 aliphatic rings. The van der Waals surface area contributed by atoms with Crippen LogP contribution in [0.3, 0.4) is 0 Å². The molecule has 0 amide bonds. The van der Waals surface area contributed by atoms with Crippen molar-refractivity contribution < 1.29 is 8.85 Å². The van der Waals surface area contributed by atoms with Gasteiger partial charge >= 0.3 is 0 Å². The maximum absolute atomic E-state index is 8.28. The minimum atomic E-state index is -1.41. The molecular weight excluding hydrogens is 212 g/mol. The Labute approximate surface area is 106 Å². The fraction of sp³-hybridized carbons (Fsp3) is 0.429. The van der Waals surface area contributed by atoms with Gasteiger partial charge in [-0.1, -0.05) is 0 Å². The number of aromatic nitrogens is 1. The Morgan fingerprint density at radius 1 is 1.53 bits per heavy atom. The molecule has 1 aromatic carbocycles. The van der Waals surface area contributed by atoms with Gasteiger partial charge in [0.05, 0.1) is 8.48 Å². The summed E-state index contributed by atoms with van der Waals surface area (Å²) in [5.74, 6) is 0.506. The maximum atomic E-state index is 8.28. The van der Waals surface area contributed by atoms with Crippen molar-refractivity contribution in [1.29, 1.82) is 0 Å². The summed E-state index contributed by atoms with van der Waals surface area (Å²) in [5.41, 5.74) is 2.48. The number of hydrogen-bond acceptors (Lipinski definition) is 2. The van der Waals surface area contributed by atoms with Crippen molar-refractivity contribution in [2.75, 3.05) is 27.2 Å². The molecule has 0 unspecified atom stereocenters. The van der Waals surface area contributed by atoms with Crippen LogP contribution < -0.4 is 4.74 Å². The number of aromatic amines is 1. The summed E-state index contributed by atoms with van der Waals surface area (Å²) in [6, 6.07) is 3.89. The van der Waals surface area contributed by atoms with Gasteiger partial charge in [-0.15, -0.1) is 0 Å². The monoisotopic (exact) mass is 233 g/mol. The van der Waals surface area contributed by atoms with Crippen LogP contribution in [0.4, 0.5) is 0 Å². The van der Waals surface area contributed by atoms with Crippen LogP contribution in [0.25, 0.3) is 10.9 Å². The summed E-state index contributed by atoms with van der Waals surface area (Å²) in [6.45, 7) is 1.19. The third-order valence-electron chi connectivity index (χ3n) is 3.30. The average molecular weight is 233 g/mol. The zero-order valence-corrected chi connectivity index (χ0v) is 10.1. The van der Waals surface area contributed by atoms with Crippen molar-refractivity contribution in [1.82, 2.24) is 9.88 Å². The van der Waals surface area contributed by atoms with Gasteiger partial charge in [-0.2, -0.15) is 0 Å². The molecule has 3 heteroatoms. The lowest BCUT2D eigenvalue weighted by molar-refractivity contribution is 0.352. The van der Waals surface area contributed by atoms with Crippen LogP contribution in [-0.2, 0) is 12.8 Å². The molecule has 0 radical (unpaired) electrons. The molecule has 90 valence electrons. The Morgan fingerprint density at radius 2 is 2.41 bits per heavy atom. The summed E-state index contributed by atoms with van der Waals surface area (Å²) in [7, 11) is 3.48. The molecule has 2 aromatic rings. The van der Waals surface area contributed by atoms with Crippen molar-refractivity contribution in [3.05, 3.63) is 29.4 Å². The van der Waals surface area contributed by atoms with Crippen LogP contribution in [0.5, 0.6) is 5.75 Å². The van der Waals surface area contributed by atoms with Gasteiger partial charge in [0.2, 0.25) is 0 Å². The molecule has 3 rings (SSSR count). The summed E-state index contributed by atoms with van der Waals surface area (Å²) in [4.78, 5) is 5.21. The lowest BCUT2D eigenvalue weighted by Crippen LogP contribution is -2.21. The van der Waals surface area contributed by atoms with Crippen LogP contribution in [0.1, 0.15) is 15.4 Å². The molecule has 0 bridgehead atoms. The van der Waals surface area contributed by atoms with Crippen LogP contribution >= 0.6 is 0 Å². The first-order valence-corrected chi connectivity index (χ1v) is 5.80. The number of H-pyrrole nitrogens is 1. The molecule has 17 heavy (non-hydrogen) atoms. The highest BCUT2D eigenvalue weighted by molar-refractivity contribution is 5.86. The van der Waals surface area contributed by atoms with Crippen molar-refractivity contribution >= 4 is 10.9 Å². The van der Waals surface area contributed by atoms with Gasteiger partial charge in [-0.25, -0.2) is 0 Å². The van der Waals surface area contributed by atoms with Gasteiger partial charge in [0.15, 0.2) is 0 Å². The summed E-state index contributed by atoms with van der Waals surface area (Å²) in [6.07, 6.45) is -0.619. The number of nitrogens with one attached hydrogen (secondary N) is 1. The Balaban J connectivity index is 2.24. The first-order valence-electron chi connectivity index (χ1n) is 7.30. The number of fused-ring (bicyclic) bond motifs is 3. The molecule has 1 aromatic heterocycles. The van der Waals surface area contributed by atoms with Gasteiger partial charge in [0.25, 0.3) is 0 Å². The van der Waals surface area contributed by atoms with E-state index in [-0.39, 0.29) is 0 Å². The maximum Gasteiger partial charge on any atom is 0.120 e. The quantitative estimate of drug-likeness (QED) is 0.818. The summed E-state index contributed by atoms with van der Waals surface area (Å²) < 4.78 is 29.7. The first-order chi connectivity index (χ1) is 9.42. The van der Waals surface area contributed by atoms with E-state index in [9.17, 15) is 0 Å². The number of rotatable bonds is 1. The molecule has 3 nitrogen and oxygen atoms in total. The number of likely N-dealkylation sites (N-methyl/N-ethyl adjacent to an activating group) is 1. The smallest absolute Gasteiger partial charge is 0.120 e. The summed E-state index contributed by atoms with van der Waals surface area (Å²) >= 11 is 0. The normalized spacial score (nSPS) is 22.4. The number of benzene rings is 1. The van der Waals surface area contributed by atoms with Gasteiger partial charge in [0, 0.05) is 44.9 Å². The highest BCUT2D eigenvalue weighted by Gasteiger charge is 2.16. The Bertz CT molecular complexity index is 666. The fourth-order valence-corrected chi connectivity index (χ4v) is 2.29. The van der Waals surface area contributed by atoms with Crippen molar-refractivity contribution in [2.45, 2.75) is 12.8 Å². The van der Waals surface area contributed by atoms with Crippen LogP contribution in [0.2, 0.25) is 0 Å². The lowest BCUT2D eigenvalue weighted by atomic mass is 10.1. The van der Waals surface area contributed by atoms with Gasteiger partial charge in [-0.3, -0.25) is 0 Å². The topological polar surface area (TPSA) is 28.3 Å². The Hall–Kier alpha value is -1.48. The van der Waals surface area contributed by atoms with E-state index in [1.165, 1.54) is 0 Å². The minimum absolute atomic E-state index is 0.333. The molecule has 0 atom stereocenters. The predicted octanol–water partition coefficient (Wildman–Crippen LogP) is 2.21. The van der Waals surface area contributed by atoms with Gasteiger partial charge in [-0.05, 0) is 31.1 Å². The lowest BCUT2D eigenvalue weighted by Gasteiger charge is -2.11. The molecule has 1 aliphatic heterocycles. The highest BCUT2D eigenvalue weighted by atomic mass is 16.5.